The standard InChI is InChI=1S/C8H7BrN2S/c9-7-6(4-10)12-5-2-1-3-11-8(5)7/h1-3H,4,10H2. The lowest BCUT2D eigenvalue weighted by atomic mass is 10.4. The van der Waals surface area contributed by atoms with Crippen molar-refractivity contribution in [2.75, 3.05) is 0 Å². The second kappa shape index (κ2) is 3.12. The lowest BCUT2D eigenvalue weighted by Crippen LogP contribution is -1.92. The first kappa shape index (κ1) is 8.16. The summed E-state index contributed by atoms with van der Waals surface area (Å²) in [6.07, 6.45) is 1.79. The largest absolute Gasteiger partial charge is 0.326 e. The first-order valence-corrected chi connectivity index (χ1v) is 5.16. The molecular weight excluding hydrogens is 236 g/mol. The monoisotopic (exact) mass is 242 g/mol. The van der Waals surface area contributed by atoms with Gasteiger partial charge in [-0.05, 0) is 28.1 Å². The smallest absolute Gasteiger partial charge is 0.0955 e. The number of fused-ring (bicyclic) bond motifs is 1. The van der Waals surface area contributed by atoms with Gasteiger partial charge in [0.1, 0.15) is 0 Å². The number of halogens is 1. The van der Waals surface area contributed by atoms with E-state index in [2.05, 4.69) is 27.0 Å². The van der Waals surface area contributed by atoms with Crippen molar-refractivity contribution >= 4 is 37.5 Å². The van der Waals surface area contributed by atoms with E-state index in [4.69, 9.17) is 5.73 Å². The SMILES string of the molecule is NCc1sc2cccnc2c1Br. The maximum Gasteiger partial charge on any atom is 0.0955 e. The number of rotatable bonds is 1. The molecule has 0 fully saturated rings. The summed E-state index contributed by atoms with van der Waals surface area (Å²) in [5, 5.41) is 0. The average Bonchev–Trinajstić information content (AvgIpc) is 2.44. The molecule has 0 atom stereocenters. The molecule has 2 heterocycles. The van der Waals surface area contributed by atoms with E-state index < -0.39 is 0 Å². The van der Waals surface area contributed by atoms with Gasteiger partial charge in [0.25, 0.3) is 0 Å². The predicted molar refractivity (Wildman–Crippen MR) is 55.2 cm³/mol. The zero-order valence-electron chi connectivity index (χ0n) is 6.25. The Morgan fingerprint density at radius 1 is 1.58 bits per heavy atom. The van der Waals surface area contributed by atoms with Crippen molar-refractivity contribution in [1.82, 2.24) is 4.98 Å². The summed E-state index contributed by atoms with van der Waals surface area (Å²) in [5.41, 5.74) is 6.58. The topological polar surface area (TPSA) is 38.9 Å². The third-order valence-corrected chi connectivity index (χ3v) is 3.93. The second-order valence-corrected chi connectivity index (χ2v) is 4.32. The highest BCUT2D eigenvalue weighted by Gasteiger charge is 2.07. The molecule has 0 spiro atoms. The van der Waals surface area contributed by atoms with Gasteiger partial charge in [-0.15, -0.1) is 11.3 Å². The minimum absolute atomic E-state index is 0.571. The molecule has 2 nitrogen and oxygen atoms in total. The van der Waals surface area contributed by atoms with Gasteiger partial charge in [-0.3, -0.25) is 4.98 Å². The Kier molecular flexibility index (Phi) is 2.12. The molecule has 4 heteroatoms. The molecule has 0 aliphatic rings. The van der Waals surface area contributed by atoms with E-state index in [0.717, 1.165) is 14.9 Å². The molecule has 0 aliphatic carbocycles. The zero-order valence-corrected chi connectivity index (χ0v) is 8.65. The van der Waals surface area contributed by atoms with Gasteiger partial charge < -0.3 is 5.73 Å². The molecule has 0 aromatic carbocycles. The van der Waals surface area contributed by atoms with Crippen molar-refractivity contribution in [2.45, 2.75) is 6.54 Å². The minimum Gasteiger partial charge on any atom is -0.326 e. The summed E-state index contributed by atoms with van der Waals surface area (Å²) in [5.74, 6) is 0. The van der Waals surface area contributed by atoms with E-state index in [9.17, 15) is 0 Å². The Morgan fingerprint density at radius 2 is 2.42 bits per heavy atom. The molecule has 2 aromatic rings. The van der Waals surface area contributed by atoms with Crippen LogP contribution in [0.15, 0.2) is 22.8 Å². The zero-order chi connectivity index (χ0) is 8.55. The highest BCUT2D eigenvalue weighted by atomic mass is 79.9. The number of hydrogen-bond acceptors (Lipinski definition) is 3. The fourth-order valence-electron chi connectivity index (χ4n) is 1.08. The van der Waals surface area contributed by atoms with Crippen LogP contribution in [0, 0.1) is 0 Å². The van der Waals surface area contributed by atoms with E-state index in [1.165, 1.54) is 4.70 Å². The Labute approximate surface area is 82.5 Å². The van der Waals surface area contributed by atoms with Crippen LogP contribution in [0.25, 0.3) is 10.2 Å². The molecule has 12 heavy (non-hydrogen) atoms. The molecule has 2 rings (SSSR count). The lowest BCUT2D eigenvalue weighted by Gasteiger charge is -1.88. The molecule has 2 N–H and O–H groups in total. The van der Waals surface area contributed by atoms with Crippen molar-refractivity contribution in [2.24, 2.45) is 5.73 Å². The van der Waals surface area contributed by atoms with E-state index in [0.29, 0.717) is 6.54 Å². The van der Waals surface area contributed by atoms with Crippen molar-refractivity contribution in [3.8, 4) is 0 Å². The second-order valence-electron chi connectivity index (χ2n) is 2.39. The predicted octanol–water partition coefficient (Wildman–Crippen LogP) is 2.52. The third-order valence-electron chi connectivity index (χ3n) is 1.64. The number of thiophene rings is 1. The normalized spacial score (nSPS) is 10.8. The van der Waals surface area contributed by atoms with Crippen molar-refractivity contribution in [3.63, 3.8) is 0 Å². The fraction of sp³-hybridized carbons (Fsp3) is 0.125. The molecular formula is C8H7BrN2S. The molecule has 62 valence electrons. The van der Waals surface area contributed by atoms with Gasteiger partial charge >= 0.3 is 0 Å². The van der Waals surface area contributed by atoms with Gasteiger partial charge in [-0.25, -0.2) is 0 Å². The summed E-state index contributed by atoms with van der Waals surface area (Å²) < 4.78 is 2.23. The van der Waals surface area contributed by atoms with E-state index >= 15 is 0 Å². The van der Waals surface area contributed by atoms with E-state index in [1.54, 1.807) is 17.5 Å². The Hall–Kier alpha value is -0.450. The summed E-state index contributed by atoms with van der Waals surface area (Å²) in [7, 11) is 0. The molecule has 0 unspecified atom stereocenters. The van der Waals surface area contributed by atoms with E-state index in [1.807, 2.05) is 6.07 Å². The number of pyridine rings is 1. The Morgan fingerprint density at radius 3 is 3.08 bits per heavy atom. The molecule has 0 aliphatic heterocycles. The van der Waals surface area contributed by atoms with Crippen LogP contribution in [0.2, 0.25) is 0 Å². The molecule has 0 bridgehead atoms. The Bertz CT molecular complexity index is 410. The van der Waals surface area contributed by atoms with Crippen molar-refractivity contribution < 1.29 is 0 Å². The summed E-state index contributed by atoms with van der Waals surface area (Å²) >= 11 is 5.17. The van der Waals surface area contributed by atoms with Crippen LogP contribution < -0.4 is 5.73 Å². The maximum absolute atomic E-state index is 5.57. The number of hydrogen-bond donors (Lipinski definition) is 1. The van der Waals surface area contributed by atoms with Crippen LogP contribution in [0.4, 0.5) is 0 Å². The van der Waals surface area contributed by atoms with Crippen LogP contribution in [0.5, 0.6) is 0 Å². The van der Waals surface area contributed by atoms with Crippen molar-refractivity contribution in [1.29, 1.82) is 0 Å². The highest BCUT2D eigenvalue weighted by molar-refractivity contribution is 9.10. The molecule has 0 saturated heterocycles. The first-order chi connectivity index (χ1) is 5.83. The van der Waals surface area contributed by atoms with E-state index in [-0.39, 0.29) is 0 Å². The molecule has 0 amide bonds. The van der Waals surface area contributed by atoms with Crippen LogP contribution in [-0.4, -0.2) is 4.98 Å². The fourth-order valence-corrected chi connectivity index (χ4v) is 2.86. The van der Waals surface area contributed by atoms with Crippen LogP contribution >= 0.6 is 27.3 Å². The number of nitrogens with two attached hydrogens (primary N) is 1. The number of aromatic nitrogens is 1. The summed E-state index contributed by atoms with van der Waals surface area (Å²) in [6.45, 7) is 0.571. The molecule has 2 aromatic heterocycles. The first-order valence-electron chi connectivity index (χ1n) is 3.55. The van der Waals surface area contributed by atoms with Gasteiger partial charge in [-0.2, -0.15) is 0 Å². The highest BCUT2D eigenvalue weighted by Crippen LogP contribution is 2.33. The van der Waals surface area contributed by atoms with Gasteiger partial charge in [0, 0.05) is 17.6 Å². The van der Waals surface area contributed by atoms with Crippen LogP contribution in [0.3, 0.4) is 0 Å². The Balaban J connectivity index is 2.78. The lowest BCUT2D eigenvalue weighted by molar-refractivity contribution is 1.10. The maximum atomic E-state index is 5.57. The van der Waals surface area contributed by atoms with Gasteiger partial charge in [0.05, 0.1) is 14.7 Å². The molecule has 0 saturated carbocycles. The van der Waals surface area contributed by atoms with Crippen LogP contribution in [0.1, 0.15) is 4.88 Å². The van der Waals surface area contributed by atoms with Gasteiger partial charge in [0.15, 0.2) is 0 Å². The van der Waals surface area contributed by atoms with Gasteiger partial charge in [0.2, 0.25) is 0 Å². The van der Waals surface area contributed by atoms with Crippen molar-refractivity contribution in [3.05, 3.63) is 27.7 Å². The average molecular weight is 243 g/mol. The third kappa shape index (κ3) is 1.16. The summed E-state index contributed by atoms with van der Waals surface area (Å²) in [4.78, 5) is 5.41. The quantitative estimate of drug-likeness (QED) is 0.835. The summed E-state index contributed by atoms with van der Waals surface area (Å²) in [6, 6.07) is 3.99. The van der Waals surface area contributed by atoms with Crippen LogP contribution in [-0.2, 0) is 6.54 Å². The number of nitrogens with zero attached hydrogens (tertiary/aromatic N) is 1. The van der Waals surface area contributed by atoms with Gasteiger partial charge in [-0.1, -0.05) is 0 Å². The molecule has 0 radical (unpaired) electrons. The minimum atomic E-state index is 0.571.